The molecule has 1 aromatic rings. The average Bonchev–Trinajstić information content (AvgIpc) is 2.73. The van der Waals surface area contributed by atoms with Crippen LogP contribution in [0, 0.1) is 11.7 Å². The van der Waals surface area contributed by atoms with E-state index in [4.69, 9.17) is 22.1 Å². The molecule has 0 aromatic heterocycles. The molecule has 0 aliphatic carbocycles. The van der Waals surface area contributed by atoms with Crippen LogP contribution in [-0.2, 0) is 0 Å². The van der Waals surface area contributed by atoms with E-state index in [9.17, 15) is 4.39 Å². The van der Waals surface area contributed by atoms with Crippen LogP contribution in [0.1, 0.15) is 18.0 Å². The molecule has 0 bridgehead atoms. The normalized spacial score (nSPS) is 24.5. The molecular formula is C13H18ClFN2O. The third-order valence-corrected chi connectivity index (χ3v) is 3.80. The maximum Gasteiger partial charge on any atom is 0.169 e. The molecule has 1 saturated heterocycles. The van der Waals surface area contributed by atoms with E-state index in [1.807, 2.05) is 7.05 Å². The van der Waals surface area contributed by atoms with E-state index in [0.717, 1.165) is 13.0 Å². The van der Waals surface area contributed by atoms with Crippen molar-refractivity contribution in [2.24, 2.45) is 11.7 Å². The van der Waals surface area contributed by atoms with Crippen LogP contribution in [0.3, 0.4) is 0 Å². The van der Waals surface area contributed by atoms with E-state index in [0.29, 0.717) is 23.0 Å². The number of hydrogen-bond acceptors (Lipinski definition) is 3. The third-order valence-electron chi connectivity index (χ3n) is 3.58. The third kappa shape index (κ3) is 2.46. The highest BCUT2D eigenvalue weighted by Gasteiger charge is 2.32. The second kappa shape index (κ2) is 5.43. The fourth-order valence-electron chi connectivity index (χ4n) is 2.62. The molecule has 0 amide bonds. The molecule has 2 atom stereocenters. The van der Waals surface area contributed by atoms with Gasteiger partial charge < -0.3 is 10.5 Å². The van der Waals surface area contributed by atoms with Gasteiger partial charge in [-0.05, 0) is 32.0 Å². The van der Waals surface area contributed by atoms with Crippen LogP contribution in [0.25, 0.3) is 0 Å². The molecule has 0 saturated carbocycles. The molecule has 1 fully saturated rings. The maximum absolute atomic E-state index is 14.3. The summed E-state index contributed by atoms with van der Waals surface area (Å²) >= 11 is 6.01. The number of nitrogens with zero attached hydrogens (tertiary/aromatic N) is 1. The summed E-state index contributed by atoms with van der Waals surface area (Å²) < 4.78 is 19.3. The lowest BCUT2D eigenvalue weighted by Crippen LogP contribution is -2.21. The molecule has 2 N–H and O–H groups in total. The van der Waals surface area contributed by atoms with Gasteiger partial charge in [-0.2, -0.15) is 0 Å². The summed E-state index contributed by atoms with van der Waals surface area (Å²) in [6, 6.07) is 3.20. The summed E-state index contributed by atoms with van der Waals surface area (Å²) in [5.41, 5.74) is 6.28. The Morgan fingerprint density at radius 3 is 2.83 bits per heavy atom. The van der Waals surface area contributed by atoms with Gasteiger partial charge in [-0.3, -0.25) is 4.90 Å². The molecule has 2 unspecified atom stereocenters. The molecular weight excluding hydrogens is 255 g/mol. The Hall–Kier alpha value is -0.840. The summed E-state index contributed by atoms with van der Waals surface area (Å²) in [4.78, 5) is 2.12. The van der Waals surface area contributed by atoms with Crippen LogP contribution in [0.5, 0.6) is 5.75 Å². The molecule has 0 spiro atoms. The van der Waals surface area contributed by atoms with Gasteiger partial charge >= 0.3 is 0 Å². The summed E-state index contributed by atoms with van der Waals surface area (Å²) in [7, 11) is 3.42. The largest absolute Gasteiger partial charge is 0.494 e. The Morgan fingerprint density at radius 2 is 2.28 bits per heavy atom. The van der Waals surface area contributed by atoms with Gasteiger partial charge in [-0.15, -0.1) is 0 Å². The van der Waals surface area contributed by atoms with E-state index in [1.165, 1.54) is 13.2 Å². The highest BCUT2D eigenvalue weighted by molar-refractivity contribution is 6.30. The van der Waals surface area contributed by atoms with Gasteiger partial charge in [-0.1, -0.05) is 11.6 Å². The monoisotopic (exact) mass is 272 g/mol. The Labute approximate surface area is 112 Å². The van der Waals surface area contributed by atoms with Crippen molar-refractivity contribution in [2.75, 3.05) is 27.2 Å². The Balaban J connectivity index is 2.36. The minimum absolute atomic E-state index is 0.0196. The van der Waals surface area contributed by atoms with E-state index >= 15 is 0 Å². The van der Waals surface area contributed by atoms with Crippen molar-refractivity contribution in [1.82, 2.24) is 4.90 Å². The second-order valence-electron chi connectivity index (χ2n) is 4.80. The number of nitrogens with two attached hydrogens (primary N) is 1. The zero-order valence-corrected chi connectivity index (χ0v) is 11.4. The average molecular weight is 273 g/mol. The molecule has 5 heteroatoms. The number of rotatable bonds is 3. The highest BCUT2D eigenvalue weighted by atomic mass is 35.5. The number of likely N-dealkylation sites (tertiary alicyclic amines) is 1. The Kier molecular flexibility index (Phi) is 4.10. The van der Waals surface area contributed by atoms with Gasteiger partial charge in [0.25, 0.3) is 0 Å². The van der Waals surface area contributed by atoms with Gasteiger partial charge in [0.15, 0.2) is 11.6 Å². The highest BCUT2D eigenvalue weighted by Crippen LogP contribution is 2.38. The summed E-state index contributed by atoms with van der Waals surface area (Å²) in [5, 5.41) is 0.493. The zero-order chi connectivity index (χ0) is 13.3. The van der Waals surface area contributed by atoms with E-state index in [1.54, 1.807) is 6.07 Å². The van der Waals surface area contributed by atoms with Gasteiger partial charge in [-0.25, -0.2) is 4.39 Å². The maximum atomic E-state index is 14.3. The van der Waals surface area contributed by atoms with Crippen LogP contribution in [0.2, 0.25) is 5.02 Å². The Morgan fingerprint density at radius 1 is 1.56 bits per heavy atom. The predicted octanol–water partition coefficient (Wildman–Crippen LogP) is 2.44. The molecule has 100 valence electrons. The van der Waals surface area contributed by atoms with Gasteiger partial charge in [0.1, 0.15) is 0 Å². The molecule has 18 heavy (non-hydrogen) atoms. The van der Waals surface area contributed by atoms with Crippen LogP contribution < -0.4 is 10.5 Å². The van der Waals surface area contributed by atoms with Crippen LogP contribution >= 0.6 is 11.6 Å². The first-order valence-electron chi connectivity index (χ1n) is 6.00. The zero-order valence-electron chi connectivity index (χ0n) is 10.6. The fraction of sp³-hybridized carbons (Fsp3) is 0.538. The molecule has 1 aliphatic rings. The van der Waals surface area contributed by atoms with Crippen molar-refractivity contribution in [3.05, 3.63) is 28.5 Å². The molecule has 1 aromatic carbocycles. The van der Waals surface area contributed by atoms with Crippen molar-refractivity contribution in [3.63, 3.8) is 0 Å². The number of ether oxygens (including phenoxy) is 1. The first-order chi connectivity index (χ1) is 8.56. The Bertz CT molecular complexity index is 441. The lowest BCUT2D eigenvalue weighted by Gasteiger charge is -2.21. The molecule has 1 aliphatic heterocycles. The molecule has 0 radical (unpaired) electrons. The van der Waals surface area contributed by atoms with Gasteiger partial charge in [0, 0.05) is 29.2 Å². The van der Waals surface area contributed by atoms with Crippen LogP contribution in [-0.4, -0.2) is 32.1 Å². The number of halogens is 2. The minimum Gasteiger partial charge on any atom is -0.494 e. The quantitative estimate of drug-likeness (QED) is 0.919. The van der Waals surface area contributed by atoms with Crippen LogP contribution in [0.4, 0.5) is 4.39 Å². The second-order valence-corrected chi connectivity index (χ2v) is 5.24. The smallest absolute Gasteiger partial charge is 0.169 e. The number of methoxy groups -OCH3 is 1. The van der Waals surface area contributed by atoms with E-state index in [-0.39, 0.29) is 17.6 Å². The van der Waals surface area contributed by atoms with E-state index < -0.39 is 0 Å². The van der Waals surface area contributed by atoms with Crippen molar-refractivity contribution in [2.45, 2.75) is 12.5 Å². The summed E-state index contributed by atoms with van der Waals surface area (Å²) in [5.74, 6) is 0.280. The van der Waals surface area contributed by atoms with Gasteiger partial charge in [0.2, 0.25) is 0 Å². The first kappa shape index (κ1) is 13.6. The fourth-order valence-corrected chi connectivity index (χ4v) is 2.83. The predicted molar refractivity (Wildman–Crippen MR) is 70.5 cm³/mol. The summed E-state index contributed by atoms with van der Waals surface area (Å²) in [6.45, 7) is 1.51. The lowest BCUT2D eigenvalue weighted by molar-refractivity contribution is 0.302. The standard InChI is InChI=1S/C13H18ClFN2O/c1-17-7-8(6-16)3-11(17)10-4-9(14)5-12(18-2)13(10)15/h4-5,8,11H,3,6-7,16H2,1-2H3. The van der Waals surface area contributed by atoms with Crippen molar-refractivity contribution < 1.29 is 9.13 Å². The number of hydrogen-bond donors (Lipinski definition) is 1. The summed E-state index contributed by atoms with van der Waals surface area (Å²) in [6.07, 6.45) is 0.855. The van der Waals surface area contributed by atoms with Crippen molar-refractivity contribution >= 4 is 11.6 Å². The SMILES string of the molecule is COc1cc(Cl)cc(C2CC(CN)CN2C)c1F. The van der Waals surface area contributed by atoms with Crippen molar-refractivity contribution in [1.29, 1.82) is 0 Å². The molecule has 3 nitrogen and oxygen atoms in total. The van der Waals surface area contributed by atoms with Crippen LogP contribution in [0.15, 0.2) is 12.1 Å². The van der Waals surface area contributed by atoms with E-state index in [2.05, 4.69) is 4.90 Å². The van der Waals surface area contributed by atoms with Crippen molar-refractivity contribution in [3.8, 4) is 5.75 Å². The topological polar surface area (TPSA) is 38.5 Å². The van der Waals surface area contributed by atoms with Gasteiger partial charge in [0.05, 0.1) is 7.11 Å². The lowest BCUT2D eigenvalue weighted by atomic mass is 9.99. The minimum atomic E-state index is -0.323. The molecule has 1 heterocycles. The number of benzene rings is 1. The first-order valence-corrected chi connectivity index (χ1v) is 6.37. The molecule has 2 rings (SSSR count).